The van der Waals surface area contributed by atoms with Gasteiger partial charge in [-0.05, 0) is 45.0 Å². The summed E-state index contributed by atoms with van der Waals surface area (Å²) < 4.78 is 10.7. The highest BCUT2D eigenvalue weighted by atomic mass is 16.5. The van der Waals surface area contributed by atoms with Gasteiger partial charge in [-0.2, -0.15) is 0 Å². The Bertz CT molecular complexity index is 998. The summed E-state index contributed by atoms with van der Waals surface area (Å²) in [5, 5.41) is 3.95. The lowest BCUT2D eigenvalue weighted by atomic mass is 10.0. The van der Waals surface area contributed by atoms with Crippen LogP contribution in [0.25, 0.3) is 10.9 Å². The van der Waals surface area contributed by atoms with Gasteiger partial charge in [-0.15, -0.1) is 0 Å². The van der Waals surface area contributed by atoms with E-state index < -0.39 is 0 Å². The second-order valence-corrected chi connectivity index (χ2v) is 6.62. The topological polar surface area (TPSA) is 60.5 Å². The summed E-state index contributed by atoms with van der Waals surface area (Å²) in [7, 11) is 3.26. The van der Waals surface area contributed by atoms with E-state index in [0.29, 0.717) is 11.3 Å². The number of carbonyl (C=O) groups is 1. The number of fused-ring (bicyclic) bond motifs is 1. The molecule has 0 fully saturated rings. The molecule has 1 aromatic heterocycles. The molecule has 27 heavy (non-hydrogen) atoms. The molecule has 5 nitrogen and oxygen atoms in total. The zero-order chi connectivity index (χ0) is 19.6. The molecule has 1 N–H and O–H groups in total. The van der Waals surface area contributed by atoms with Gasteiger partial charge in [-0.25, -0.2) is 0 Å². The maximum atomic E-state index is 12.9. The van der Waals surface area contributed by atoms with Gasteiger partial charge in [0.1, 0.15) is 11.5 Å². The number of pyridine rings is 1. The maximum Gasteiger partial charge on any atom is 0.253 e. The van der Waals surface area contributed by atoms with Crippen molar-refractivity contribution < 1.29 is 14.3 Å². The van der Waals surface area contributed by atoms with Gasteiger partial charge in [0.2, 0.25) is 0 Å². The monoisotopic (exact) mass is 364 g/mol. The van der Waals surface area contributed by atoms with Crippen molar-refractivity contribution in [1.29, 1.82) is 0 Å². The van der Waals surface area contributed by atoms with E-state index in [0.717, 1.165) is 33.5 Å². The normalized spacial score (nSPS) is 11.9. The number of ether oxygens (including phenoxy) is 2. The number of hydrogen-bond donors (Lipinski definition) is 1. The lowest BCUT2D eigenvalue weighted by Crippen LogP contribution is -2.28. The lowest BCUT2D eigenvalue weighted by Gasteiger charge is -2.18. The molecule has 0 aliphatic rings. The molecule has 140 valence electrons. The lowest BCUT2D eigenvalue weighted by molar-refractivity contribution is 0.0938. The smallest absolute Gasteiger partial charge is 0.253 e. The average Bonchev–Trinajstić information content (AvgIpc) is 2.66. The Balaban J connectivity index is 1.90. The largest absolute Gasteiger partial charge is 0.497 e. The molecular formula is C22H24N2O3. The van der Waals surface area contributed by atoms with Crippen molar-refractivity contribution in [2.24, 2.45) is 0 Å². The average molecular weight is 364 g/mol. The summed E-state index contributed by atoms with van der Waals surface area (Å²) in [4.78, 5) is 17.5. The van der Waals surface area contributed by atoms with Gasteiger partial charge in [0.05, 0.1) is 37.0 Å². The van der Waals surface area contributed by atoms with Crippen LogP contribution >= 0.6 is 0 Å². The minimum absolute atomic E-state index is 0.159. The van der Waals surface area contributed by atoms with Crippen molar-refractivity contribution in [2.75, 3.05) is 14.2 Å². The van der Waals surface area contributed by atoms with E-state index in [1.165, 1.54) is 0 Å². The standard InChI is InChI=1S/C22H24N2O3/c1-13-6-9-21(27-5)18(10-13)14(2)24-22(25)19-11-16-7-8-17(26-4)12-20(16)23-15(19)3/h6-12,14H,1-5H3,(H,24,25). The molecule has 3 aromatic rings. The second-order valence-electron chi connectivity index (χ2n) is 6.62. The molecule has 0 aliphatic carbocycles. The molecule has 2 aromatic carbocycles. The first-order valence-corrected chi connectivity index (χ1v) is 8.83. The number of methoxy groups -OCH3 is 2. The summed E-state index contributed by atoms with van der Waals surface area (Å²) in [6.07, 6.45) is 0. The third kappa shape index (κ3) is 3.87. The number of carbonyl (C=O) groups excluding carboxylic acids is 1. The van der Waals surface area contributed by atoms with E-state index in [1.807, 2.05) is 63.2 Å². The fourth-order valence-corrected chi connectivity index (χ4v) is 3.14. The Morgan fingerprint density at radius 1 is 1.04 bits per heavy atom. The number of rotatable bonds is 5. The summed E-state index contributed by atoms with van der Waals surface area (Å²) in [5.41, 5.74) is 4.10. The van der Waals surface area contributed by atoms with Crippen LogP contribution in [0.4, 0.5) is 0 Å². The number of benzene rings is 2. The van der Waals surface area contributed by atoms with Gasteiger partial charge < -0.3 is 14.8 Å². The van der Waals surface area contributed by atoms with Crippen LogP contribution in [-0.4, -0.2) is 25.1 Å². The molecular weight excluding hydrogens is 340 g/mol. The summed E-state index contributed by atoms with van der Waals surface area (Å²) in [6.45, 7) is 5.80. The van der Waals surface area contributed by atoms with Crippen LogP contribution in [0.3, 0.4) is 0 Å². The number of hydrogen-bond acceptors (Lipinski definition) is 4. The molecule has 0 bridgehead atoms. The molecule has 1 heterocycles. The van der Waals surface area contributed by atoms with E-state index in [4.69, 9.17) is 9.47 Å². The van der Waals surface area contributed by atoms with Gasteiger partial charge in [0, 0.05) is 17.0 Å². The van der Waals surface area contributed by atoms with Gasteiger partial charge >= 0.3 is 0 Å². The van der Waals surface area contributed by atoms with Crippen molar-refractivity contribution in [2.45, 2.75) is 26.8 Å². The van der Waals surface area contributed by atoms with Crippen LogP contribution in [0.2, 0.25) is 0 Å². The van der Waals surface area contributed by atoms with Gasteiger partial charge in [-0.1, -0.05) is 17.7 Å². The molecule has 0 spiro atoms. The third-order valence-electron chi connectivity index (χ3n) is 4.66. The molecule has 0 saturated heterocycles. The maximum absolute atomic E-state index is 12.9. The van der Waals surface area contributed by atoms with Crippen molar-refractivity contribution in [3.63, 3.8) is 0 Å². The fourth-order valence-electron chi connectivity index (χ4n) is 3.14. The number of amides is 1. The Kier molecular flexibility index (Phi) is 5.31. The van der Waals surface area contributed by atoms with Crippen LogP contribution in [-0.2, 0) is 0 Å². The highest BCUT2D eigenvalue weighted by molar-refractivity contribution is 5.99. The fraction of sp³-hybridized carbons (Fsp3) is 0.273. The van der Waals surface area contributed by atoms with Crippen molar-refractivity contribution >= 4 is 16.8 Å². The Labute approximate surface area is 159 Å². The van der Waals surface area contributed by atoms with Crippen molar-refractivity contribution in [3.05, 3.63) is 64.8 Å². The summed E-state index contributed by atoms with van der Waals surface area (Å²) in [6, 6.07) is 13.2. The molecule has 3 rings (SSSR count). The zero-order valence-electron chi connectivity index (χ0n) is 16.3. The first-order chi connectivity index (χ1) is 12.9. The van der Waals surface area contributed by atoms with Gasteiger partial charge in [-0.3, -0.25) is 9.78 Å². The van der Waals surface area contributed by atoms with Crippen LogP contribution < -0.4 is 14.8 Å². The van der Waals surface area contributed by atoms with Crippen LogP contribution in [0.1, 0.15) is 40.1 Å². The predicted octanol–water partition coefficient (Wildman–Crippen LogP) is 4.36. The summed E-state index contributed by atoms with van der Waals surface area (Å²) >= 11 is 0. The highest BCUT2D eigenvalue weighted by Crippen LogP contribution is 2.27. The molecule has 0 aliphatic heterocycles. The molecule has 1 amide bonds. The van der Waals surface area contributed by atoms with Gasteiger partial charge in [0.15, 0.2) is 0 Å². The number of nitrogens with one attached hydrogen (secondary N) is 1. The number of aromatic nitrogens is 1. The first-order valence-electron chi connectivity index (χ1n) is 8.83. The van der Waals surface area contributed by atoms with Crippen LogP contribution in [0, 0.1) is 13.8 Å². The highest BCUT2D eigenvalue weighted by Gasteiger charge is 2.18. The minimum atomic E-state index is -0.196. The van der Waals surface area contributed by atoms with E-state index in [1.54, 1.807) is 14.2 Å². The molecule has 0 radical (unpaired) electrons. The molecule has 5 heteroatoms. The quantitative estimate of drug-likeness (QED) is 0.731. The zero-order valence-corrected chi connectivity index (χ0v) is 16.3. The van der Waals surface area contributed by atoms with E-state index in [9.17, 15) is 4.79 Å². The SMILES string of the molecule is COc1ccc2cc(C(=O)NC(C)c3cc(C)ccc3OC)c(C)nc2c1. The van der Waals surface area contributed by atoms with Crippen molar-refractivity contribution in [1.82, 2.24) is 10.3 Å². The second kappa shape index (κ2) is 7.66. The van der Waals surface area contributed by atoms with Crippen molar-refractivity contribution in [3.8, 4) is 11.5 Å². The summed E-state index contributed by atoms with van der Waals surface area (Å²) in [5.74, 6) is 1.34. The molecule has 1 unspecified atom stereocenters. The first kappa shape index (κ1) is 18.7. The Morgan fingerprint density at radius 3 is 2.52 bits per heavy atom. The number of nitrogens with zero attached hydrogens (tertiary/aromatic N) is 1. The minimum Gasteiger partial charge on any atom is -0.497 e. The predicted molar refractivity (Wildman–Crippen MR) is 107 cm³/mol. The van der Waals surface area contributed by atoms with E-state index >= 15 is 0 Å². The van der Waals surface area contributed by atoms with Crippen LogP contribution in [0.5, 0.6) is 11.5 Å². The Hall–Kier alpha value is -3.08. The van der Waals surface area contributed by atoms with Gasteiger partial charge in [0.25, 0.3) is 5.91 Å². The molecule has 0 saturated carbocycles. The van der Waals surface area contributed by atoms with E-state index in [2.05, 4.69) is 10.3 Å². The van der Waals surface area contributed by atoms with E-state index in [-0.39, 0.29) is 11.9 Å². The molecule has 1 atom stereocenters. The Morgan fingerprint density at radius 2 is 1.81 bits per heavy atom. The third-order valence-corrected chi connectivity index (χ3v) is 4.66. The number of aryl methyl sites for hydroxylation is 2. The van der Waals surface area contributed by atoms with Crippen LogP contribution in [0.15, 0.2) is 42.5 Å².